The number of ether oxygens (including phenoxy) is 4. The molecular formula is C38H45F2N5O5. The van der Waals surface area contributed by atoms with E-state index in [0.717, 1.165) is 51.6 Å². The standard InChI is InChI=1S/C38H45F2N5O5/c1-2-27-30(39)8-7-24-18-25(46)19-28(32(24)27)34-33(40)35-29(20-41-34)36(44-12-5-14-47-15-13-44)43-37(42-35)50-23-38-9-3-6-31(38)45(11-4-10-38)21-26-22-48-16-17-49-26/h7-8,18-20,26,31,46H,2-6,9-17,21-23H2,1H3. The van der Waals surface area contributed by atoms with Crippen LogP contribution in [0.2, 0.25) is 0 Å². The minimum Gasteiger partial charge on any atom is -0.508 e. The highest BCUT2D eigenvalue weighted by molar-refractivity contribution is 6.01. The van der Waals surface area contributed by atoms with Crippen LogP contribution in [0.3, 0.4) is 0 Å². The summed E-state index contributed by atoms with van der Waals surface area (Å²) in [4.78, 5) is 18.9. The maximum atomic E-state index is 17.0. The fraction of sp³-hybridized carbons (Fsp3) is 0.553. The largest absolute Gasteiger partial charge is 0.508 e. The van der Waals surface area contributed by atoms with Crippen molar-refractivity contribution in [2.45, 2.75) is 64.0 Å². The minimum absolute atomic E-state index is 0.0141. The van der Waals surface area contributed by atoms with Gasteiger partial charge >= 0.3 is 6.01 Å². The van der Waals surface area contributed by atoms with Gasteiger partial charge in [0.25, 0.3) is 0 Å². The Bertz CT molecular complexity index is 1870. The molecule has 3 unspecified atom stereocenters. The zero-order valence-electron chi connectivity index (χ0n) is 28.6. The number of piperidine rings is 1. The number of anilines is 1. The van der Waals surface area contributed by atoms with E-state index in [9.17, 15) is 5.11 Å². The van der Waals surface area contributed by atoms with Gasteiger partial charge in [0, 0.05) is 49.5 Å². The number of aromatic nitrogens is 3. The van der Waals surface area contributed by atoms with Crippen molar-refractivity contribution >= 4 is 27.5 Å². The Morgan fingerprint density at radius 2 is 1.90 bits per heavy atom. The van der Waals surface area contributed by atoms with Crippen LogP contribution in [0.1, 0.15) is 51.0 Å². The van der Waals surface area contributed by atoms with Crippen LogP contribution in [-0.2, 0) is 20.6 Å². The monoisotopic (exact) mass is 689 g/mol. The van der Waals surface area contributed by atoms with E-state index in [0.29, 0.717) is 98.3 Å². The van der Waals surface area contributed by atoms with Crippen molar-refractivity contribution in [1.29, 1.82) is 0 Å². The lowest BCUT2D eigenvalue weighted by Crippen LogP contribution is -2.54. The summed E-state index contributed by atoms with van der Waals surface area (Å²) in [7, 11) is 0. The Labute approximate surface area is 290 Å². The molecule has 3 saturated heterocycles. The first kappa shape index (κ1) is 33.4. The van der Waals surface area contributed by atoms with Crippen molar-refractivity contribution in [3.63, 3.8) is 0 Å². The third-order valence-electron chi connectivity index (χ3n) is 11.2. The summed E-state index contributed by atoms with van der Waals surface area (Å²) in [6.45, 7) is 8.47. The van der Waals surface area contributed by atoms with Crippen LogP contribution < -0.4 is 9.64 Å². The molecule has 3 atom stereocenters. The molecule has 4 aromatic rings. The molecule has 2 aromatic carbocycles. The number of aromatic hydroxyl groups is 1. The van der Waals surface area contributed by atoms with Crippen LogP contribution in [0.5, 0.6) is 11.8 Å². The Hall–Kier alpha value is -3.71. The van der Waals surface area contributed by atoms with Gasteiger partial charge in [-0.15, -0.1) is 0 Å². The van der Waals surface area contributed by atoms with Crippen molar-refractivity contribution in [1.82, 2.24) is 19.9 Å². The molecule has 0 radical (unpaired) electrons. The van der Waals surface area contributed by atoms with Crippen molar-refractivity contribution in [3.8, 4) is 23.0 Å². The molecule has 1 aliphatic carbocycles. The van der Waals surface area contributed by atoms with Gasteiger partial charge in [0.2, 0.25) is 0 Å². The van der Waals surface area contributed by atoms with Gasteiger partial charge in [-0.25, -0.2) is 8.78 Å². The Kier molecular flexibility index (Phi) is 9.45. The lowest BCUT2D eigenvalue weighted by Gasteiger charge is -2.47. The number of nitrogens with zero attached hydrogens (tertiary/aromatic N) is 5. The Balaban J connectivity index is 1.18. The molecule has 1 saturated carbocycles. The zero-order chi connectivity index (χ0) is 34.2. The number of fused-ring (bicyclic) bond motifs is 3. The summed E-state index contributed by atoms with van der Waals surface area (Å²) in [6, 6.07) is 6.45. The van der Waals surface area contributed by atoms with Gasteiger partial charge in [-0.05, 0) is 79.6 Å². The van der Waals surface area contributed by atoms with Gasteiger partial charge in [-0.3, -0.25) is 9.88 Å². The van der Waals surface area contributed by atoms with Crippen LogP contribution in [0.25, 0.3) is 32.9 Å². The number of halogens is 2. The highest BCUT2D eigenvalue weighted by Gasteiger charge is 2.49. The Morgan fingerprint density at radius 3 is 2.76 bits per heavy atom. The molecule has 4 fully saturated rings. The number of hydrogen-bond donors (Lipinski definition) is 1. The summed E-state index contributed by atoms with van der Waals surface area (Å²) >= 11 is 0. The quantitative estimate of drug-likeness (QED) is 0.236. The topological polar surface area (TPSA) is 102 Å². The molecule has 50 heavy (non-hydrogen) atoms. The fourth-order valence-electron chi connectivity index (χ4n) is 8.85. The zero-order valence-corrected chi connectivity index (χ0v) is 28.6. The number of phenolic OH excluding ortho intramolecular Hbond substituents is 1. The molecule has 3 aliphatic heterocycles. The minimum atomic E-state index is -0.671. The SMILES string of the molecule is CCc1c(F)ccc2cc(O)cc(-c3ncc4c(N5CCCOCC5)nc(OCC56CCCC5N(CC5COCCO5)CCC6)nc4c3F)c12. The van der Waals surface area contributed by atoms with Gasteiger partial charge in [0.1, 0.15) is 28.6 Å². The highest BCUT2D eigenvalue weighted by Crippen LogP contribution is 2.48. The molecule has 5 heterocycles. The van der Waals surface area contributed by atoms with E-state index in [4.69, 9.17) is 28.9 Å². The molecule has 2 aromatic heterocycles. The normalized spacial score (nSPS) is 24.8. The number of pyridine rings is 1. The van der Waals surface area contributed by atoms with E-state index in [2.05, 4.69) is 14.8 Å². The van der Waals surface area contributed by atoms with Gasteiger partial charge in [-0.2, -0.15) is 9.97 Å². The first-order valence-corrected chi connectivity index (χ1v) is 18.1. The predicted molar refractivity (Wildman–Crippen MR) is 186 cm³/mol. The molecule has 12 heteroatoms. The highest BCUT2D eigenvalue weighted by atomic mass is 19.1. The second-order valence-corrected chi connectivity index (χ2v) is 14.2. The van der Waals surface area contributed by atoms with Crippen LogP contribution in [0, 0.1) is 17.0 Å². The van der Waals surface area contributed by atoms with Gasteiger partial charge in [0.15, 0.2) is 5.82 Å². The van der Waals surface area contributed by atoms with Gasteiger partial charge in [0.05, 0.1) is 44.5 Å². The van der Waals surface area contributed by atoms with Crippen LogP contribution in [-0.4, -0.2) is 103 Å². The van der Waals surface area contributed by atoms with E-state index in [1.165, 1.54) is 12.1 Å². The van der Waals surface area contributed by atoms with Crippen LogP contribution in [0.4, 0.5) is 14.6 Å². The third kappa shape index (κ3) is 6.24. The van der Waals surface area contributed by atoms with Crippen LogP contribution >= 0.6 is 0 Å². The average molecular weight is 690 g/mol. The van der Waals surface area contributed by atoms with Crippen molar-refractivity contribution in [2.24, 2.45) is 5.41 Å². The van der Waals surface area contributed by atoms with Crippen molar-refractivity contribution in [3.05, 3.63) is 47.7 Å². The predicted octanol–water partition coefficient (Wildman–Crippen LogP) is 6.05. The van der Waals surface area contributed by atoms with Crippen molar-refractivity contribution in [2.75, 3.05) is 70.7 Å². The first-order valence-electron chi connectivity index (χ1n) is 18.1. The molecule has 1 N–H and O–H groups in total. The number of rotatable bonds is 8. The second kappa shape index (κ2) is 14.1. The maximum absolute atomic E-state index is 17.0. The lowest BCUT2D eigenvalue weighted by atomic mass is 9.75. The molecule has 0 amide bonds. The summed E-state index contributed by atoms with van der Waals surface area (Å²) in [5.41, 5.74) is 0.742. The third-order valence-corrected chi connectivity index (χ3v) is 11.2. The summed E-state index contributed by atoms with van der Waals surface area (Å²) in [6.07, 6.45) is 8.21. The van der Waals surface area contributed by atoms with E-state index < -0.39 is 5.82 Å². The molecule has 4 aliphatic rings. The summed E-state index contributed by atoms with van der Waals surface area (Å²) in [5, 5.41) is 12.2. The number of benzene rings is 2. The van der Waals surface area contributed by atoms with E-state index in [-0.39, 0.29) is 40.3 Å². The van der Waals surface area contributed by atoms with Gasteiger partial charge in [-0.1, -0.05) is 19.4 Å². The average Bonchev–Trinajstić information content (AvgIpc) is 3.38. The van der Waals surface area contributed by atoms with Crippen molar-refractivity contribution < 1.29 is 32.8 Å². The second-order valence-electron chi connectivity index (χ2n) is 14.2. The molecule has 0 bridgehead atoms. The fourth-order valence-corrected chi connectivity index (χ4v) is 8.85. The lowest BCUT2D eigenvalue weighted by molar-refractivity contribution is -0.111. The van der Waals surface area contributed by atoms with Gasteiger partial charge < -0.3 is 29.0 Å². The number of hydrogen-bond acceptors (Lipinski definition) is 10. The number of aryl methyl sites for hydroxylation is 1. The molecule has 10 nitrogen and oxygen atoms in total. The van der Waals surface area contributed by atoms with Crippen LogP contribution in [0.15, 0.2) is 30.5 Å². The molecular weight excluding hydrogens is 644 g/mol. The maximum Gasteiger partial charge on any atom is 0.319 e. The number of likely N-dealkylation sites (tertiary alicyclic amines) is 1. The smallest absolute Gasteiger partial charge is 0.319 e. The molecule has 8 rings (SSSR count). The Morgan fingerprint density at radius 1 is 1.00 bits per heavy atom. The summed E-state index contributed by atoms with van der Waals surface area (Å²) in [5.74, 6) is -0.568. The van der Waals surface area contributed by atoms with E-state index >= 15 is 8.78 Å². The summed E-state index contributed by atoms with van der Waals surface area (Å²) < 4.78 is 56.0. The first-order chi connectivity index (χ1) is 24.4. The molecule has 0 spiro atoms. The molecule has 266 valence electrons. The van der Waals surface area contributed by atoms with E-state index in [1.54, 1.807) is 18.3 Å². The van der Waals surface area contributed by atoms with E-state index in [1.807, 2.05) is 6.92 Å². The number of phenols is 1.